The van der Waals surface area contributed by atoms with E-state index in [1.807, 2.05) is 0 Å². The zero-order valence-electron chi connectivity index (χ0n) is 12.4. The Morgan fingerprint density at radius 3 is 1.88 bits per heavy atom. The molecule has 0 fully saturated rings. The van der Waals surface area contributed by atoms with Crippen LogP contribution in [-0.2, 0) is 12.4 Å². The summed E-state index contributed by atoms with van der Waals surface area (Å²) in [5.74, 6) is 0.0390. The second-order valence-corrected chi connectivity index (χ2v) is 4.90. The zero-order chi connectivity index (χ0) is 19.0. The van der Waals surface area contributed by atoms with Crippen molar-refractivity contribution in [2.75, 3.05) is 7.11 Å². The molecule has 0 radical (unpaired) electrons. The summed E-state index contributed by atoms with van der Waals surface area (Å²) < 4.78 is 84.7. The van der Waals surface area contributed by atoms with Gasteiger partial charge in [0.1, 0.15) is 5.75 Å². The van der Waals surface area contributed by atoms with Crippen LogP contribution < -0.4 is 4.74 Å². The number of rotatable bonds is 3. The first-order valence-electron chi connectivity index (χ1n) is 6.56. The first-order valence-corrected chi connectivity index (χ1v) is 6.56. The first kappa shape index (κ1) is 18.6. The van der Waals surface area contributed by atoms with Crippen molar-refractivity contribution in [3.8, 4) is 16.9 Å². The van der Waals surface area contributed by atoms with Crippen molar-refractivity contribution in [3.05, 3.63) is 57.6 Å². The number of non-ortho nitro benzene ring substituents is 1. The lowest BCUT2D eigenvalue weighted by molar-refractivity contribution is -0.385. The second kappa shape index (κ2) is 6.26. The predicted octanol–water partition coefficient (Wildman–Crippen LogP) is 5.31. The van der Waals surface area contributed by atoms with Gasteiger partial charge in [-0.2, -0.15) is 26.3 Å². The number of ether oxygens (including phenoxy) is 1. The maximum atomic E-state index is 13.3. The molecule has 134 valence electrons. The molecule has 0 aliphatic carbocycles. The van der Waals surface area contributed by atoms with Crippen LogP contribution in [0.5, 0.6) is 5.75 Å². The number of nitrogens with zero attached hydrogens (tertiary/aromatic N) is 1. The summed E-state index contributed by atoms with van der Waals surface area (Å²) in [6.07, 6.45) is -10.5. The Balaban J connectivity index is 2.94. The molecule has 0 saturated heterocycles. The lowest BCUT2D eigenvalue weighted by Gasteiger charge is -2.19. The molecule has 0 atom stereocenters. The predicted molar refractivity (Wildman–Crippen MR) is 75.1 cm³/mol. The molecule has 0 saturated carbocycles. The van der Waals surface area contributed by atoms with E-state index in [1.54, 1.807) is 0 Å². The van der Waals surface area contributed by atoms with E-state index in [0.717, 1.165) is 12.1 Å². The molecule has 0 spiro atoms. The molecular weight excluding hydrogens is 356 g/mol. The summed E-state index contributed by atoms with van der Waals surface area (Å²) in [6, 6.07) is 4.76. The van der Waals surface area contributed by atoms with Crippen molar-refractivity contribution < 1.29 is 36.0 Å². The standard InChI is InChI=1S/C15H9F6NO3/c1-25-10-4-2-3-8(5-10)13-11(14(16,17)18)6-9(22(23)24)7-12(13)15(19,20)21/h2-7H,1H3. The van der Waals surface area contributed by atoms with Crippen LogP contribution in [0.15, 0.2) is 36.4 Å². The molecule has 0 aliphatic heterocycles. The third-order valence-electron chi connectivity index (χ3n) is 3.30. The van der Waals surface area contributed by atoms with E-state index in [9.17, 15) is 36.5 Å². The summed E-state index contributed by atoms with van der Waals surface area (Å²) >= 11 is 0. The summed E-state index contributed by atoms with van der Waals surface area (Å²) in [5, 5.41) is 10.8. The van der Waals surface area contributed by atoms with Crippen molar-refractivity contribution in [3.63, 3.8) is 0 Å². The smallest absolute Gasteiger partial charge is 0.417 e. The van der Waals surface area contributed by atoms with Gasteiger partial charge in [0.05, 0.1) is 23.2 Å². The number of hydrogen-bond acceptors (Lipinski definition) is 3. The van der Waals surface area contributed by atoms with Crippen molar-refractivity contribution in [1.29, 1.82) is 0 Å². The quantitative estimate of drug-likeness (QED) is 0.421. The molecule has 0 amide bonds. The number of nitro benzene ring substituents is 1. The number of nitro groups is 1. The van der Waals surface area contributed by atoms with Gasteiger partial charge < -0.3 is 4.74 Å². The highest BCUT2D eigenvalue weighted by molar-refractivity contribution is 5.75. The van der Waals surface area contributed by atoms with E-state index < -0.39 is 45.2 Å². The van der Waals surface area contributed by atoms with E-state index in [-0.39, 0.29) is 17.9 Å². The number of halogens is 6. The minimum absolute atomic E-state index is 0.0390. The third-order valence-corrected chi connectivity index (χ3v) is 3.30. The average Bonchev–Trinajstić information content (AvgIpc) is 2.51. The fourth-order valence-electron chi connectivity index (χ4n) is 2.27. The van der Waals surface area contributed by atoms with Crippen LogP contribution in [0.4, 0.5) is 32.0 Å². The van der Waals surface area contributed by atoms with Gasteiger partial charge in [-0.1, -0.05) is 12.1 Å². The van der Waals surface area contributed by atoms with Crippen molar-refractivity contribution >= 4 is 5.69 Å². The van der Waals surface area contributed by atoms with Gasteiger partial charge in [-0.25, -0.2) is 0 Å². The molecular formula is C15H9F6NO3. The molecule has 0 unspecified atom stereocenters. The highest BCUT2D eigenvalue weighted by Gasteiger charge is 2.43. The Morgan fingerprint density at radius 1 is 0.960 bits per heavy atom. The van der Waals surface area contributed by atoms with Crippen LogP contribution in [0.1, 0.15) is 11.1 Å². The Labute approximate surface area is 136 Å². The summed E-state index contributed by atoms with van der Waals surface area (Å²) in [4.78, 5) is 9.45. The minimum Gasteiger partial charge on any atom is -0.497 e. The van der Waals surface area contributed by atoms with Gasteiger partial charge in [-0.05, 0) is 17.7 Å². The topological polar surface area (TPSA) is 52.4 Å². The highest BCUT2D eigenvalue weighted by Crippen LogP contribution is 2.46. The number of benzene rings is 2. The minimum atomic E-state index is -5.23. The Morgan fingerprint density at radius 2 is 1.48 bits per heavy atom. The maximum Gasteiger partial charge on any atom is 0.417 e. The monoisotopic (exact) mass is 365 g/mol. The molecule has 0 aliphatic rings. The molecule has 2 aromatic rings. The Hall–Kier alpha value is -2.78. The number of alkyl halides is 6. The van der Waals surface area contributed by atoms with Crippen molar-refractivity contribution in [2.24, 2.45) is 0 Å². The van der Waals surface area contributed by atoms with Gasteiger partial charge in [0.2, 0.25) is 0 Å². The lowest BCUT2D eigenvalue weighted by Crippen LogP contribution is -2.15. The summed E-state index contributed by atoms with van der Waals surface area (Å²) in [7, 11) is 1.20. The summed E-state index contributed by atoms with van der Waals surface area (Å²) in [6.45, 7) is 0. The summed E-state index contributed by atoms with van der Waals surface area (Å²) in [5.41, 5.74) is -6.41. The van der Waals surface area contributed by atoms with Gasteiger partial charge in [0, 0.05) is 17.7 Å². The normalized spacial score (nSPS) is 12.1. The largest absolute Gasteiger partial charge is 0.497 e. The molecule has 2 aromatic carbocycles. The van der Waals surface area contributed by atoms with Gasteiger partial charge in [-0.15, -0.1) is 0 Å². The molecule has 2 rings (SSSR count). The second-order valence-electron chi connectivity index (χ2n) is 4.90. The highest BCUT2D eigenvalue weighted by atomic mass is 19.4. The lowest BCUT2D eigenvalue weighted by atomic mass is 9.92. The molecule has 4 nitrogen and oxygen atoms in total. The van der Waals surface area contributed by atoms with Crippen LogP contribution in [0.25, 0.3) is 11.1 Å². The van der Waals surface area contributed by atoms with Crippen LogP contribution in [0.3, 0.4) is 0 Å². The molecule has 25 heavy (non-hydrogen) atoms. The van der Waals surface area contributed by atoms with Crippen LogP contribution in [0, 0.1) is 10.1 Å². The molecule has 0 heterocycles. The fourth-order valence-corrected chi connectivity index (χ4v) is 2.27. The van der Waals surface area contributed by atoms with Gasteiger partial charge >= 0.3 is 12.4 Å². The van der Waals surface area contributed by atoms with E-state index in [1.165, 1.54) is 19.2 Å². The SMILES string of the molecule is COc1cccc(-c2c(C(F)(F)F)cc([N+](=O)[O-])cc2C(F)(F)F)c1. The van der Waals surface area contributed by atoms with Gasteiger partial charge in [0.25, 0.3) is 5.69 Å². The van der Waals surface area contributed by atoms with Crippen LogP contribution in [-0.4, -0.2) is 12.0 Å². The number of hydrogen-bond donors (Lipinski definition) is 0. The fraction of sp³-hybridized carbons (Fsp3) is 0.200. The van der Waals surface area contributed by atoms with Crippen molar-refractivity contribution in [2.45, 2.75) is 12.4 Å². The van der Waals surface area contributed by atoms with Crippen LogP contribution >= 0.6 is 0 Å². The van der Waals surface area contributed by atoms with Crippen molar-refractivity contribution in [1.82, 2.24) is 0 Å². The zero-order valence-corrected chi connectivity index (χ0v) is 12.4. The third kappa shape index (κ3) is 3.83. The first-order chi connectivity index (χ1) is 11.4. The molecule has 0 bridgehead atoms. The Kier molecular flexibility index (Phi) is 4.65. The maximum absolute atomic E-state index is 13.3. The van der Waals surface area contributed by atoms with E-state index in [4.69, 9.17) is 4.74 Å². The van der Waals surface area contributed by atoms with E-state index >= 15 is 0 Å². The Bertz CT molecular complexity index is 779. The number of methoxy groups -OCH3 is 1. The molecule has 10 heteroatoms. The van der Waals surface area contributed by atoms with Gasteiger partial charge in [-0.3, -0.25) is 10.1 Å². The van der Waals surface area contributed by atoms with E-state index in [0.29, 0.717) is 0 Å². The molecule has 0 N–H and O–H groups in total. The van der Waals surface area contributed by atoms with E-state index in [2.05, 4.69) is 0 Å². The van der Waals surface area contributed by atoms with Crippen LogP contribution in [0.2, 0.25) is 0 Å². The van der Waals surface area contributed by atoms with Gasteiger partial charge in [0.15, 0.2) is 0 Å². The molecule has 0 aromatic heterocycles. The average molecular weight is 365 g/mol.